The standard InChI is InChI=1S/C17H24N2O/c1-18(15-9-4-2-3-5-10-15)17(20)19-13-12-14-8-6-7-11-16(14)19/h6-8,11,15H,2-5,9-10,12-13H2,1H3. The maximum absolute atomic E-state index is 12.8. The van der Waals surface area contributed by atoms with Gasteiger partial charge in [-0.05, 0) is 30.9 Å². The zero-order valence-corrected chi connectivity index (χ0v) is 12.3. The van der Waals surface area contributed by atoms with Crippen LogP contribution in [0.2, 0.25) is 0 Å². The maximum atomic E-state index is 12.8. The molecule has 0 unspecified atom stereocenters. The first-order valence-corrected chi connectivity index (χ1v) is 7.89. The van der Waals surface area contributed by atoms with E-state index in [9.17, 15) is 4.79 Å². The molecule has 0 radical (unpaired) electrons. The van der Waals surface area contributed by atoms with E-state index < -0.39 is 0 Å². The first kappa shape index (κ1) is 13.5. The van der Waals surface area contributed by atoms with Crippen molar-refractivity contribution >= 4 is 11.7 Å². The highest BCUT2D eigenvalue weighted by Gasteiger charge is 2.29. The predicted molar refractivity (Wildman–Crippen MR) is 82.1 cm³/mol. The molecule has 0 aromatic heterocycles. The second kappa shape index (κ2) is 5.86. The van der Waals surface area contributed by atoms with Gasteiger partial charge in [0.2, 0.25) is 0 Å². The van der Waals surface area contributed by atoms with Crippen LogP contribution in [0, 0.1) is 0 Å². The van der Waals surface area contributed by atoms with Crippen molar-refractivity contribution in [1.82, 2.24) is 4.90 Å². The van der Waals surface area contributed by atoms with Gasteiger partial charge in [-0.2, -0.15) is 0 Å². The fraction of sp³-hybridized carbons (Fsp3) is 0.588. The summed E-state index contributed by atoms with van der Waals surface area (Å²) in [4.78, 5) is 16.7. The Labute approximate surface area is 121 Å². The van der Waals surface area contributed by atoms with Gasteiger partial charge in [-0.25, -0.2) is 4.79 Å². The van der Waals surface area contributed by atoms with E-state index in [1.807, 2.05) is 22.9 Å². The molecule has 0 atom stereocenters. The molecule has 20 heavy (non-hydrogen) atoms. The van der Waals surface area contributed by atoms with Crippen LogP contribution in [-0.2, 0) is 6.42 Å². The second-order valence-electron chi connectivity index (χ2n) is 6.07. The van der Waals surface area contributed by atoms with E-state index in [1.54, 1.807) is 0 Å². The highest BCUT2D eigenvalue weighted by molar-refractivity contribution is 5.94. The molecule has 3 heteroatoms. The summed E-state index contributed by atoms with van der Waals surface area (Å²) in [6, 6.07) is 8.90. The van der Waals surface area contributed by atoms with Crippen molar-refractivity contribution in [3.8, 4) is 0 Å². The normalized spacial score (nSPS) is 19.6. The third-order valence-corrected chi connectivity index (χ3v) is 4.79. The third kappa shape index (κ3) is 2.54. The molecule has 1 aromatic rings. The van der Waals surface area contributed by atoms with Gasteiger partial charge >= 0.3 is 6.03 Å². The van der Waals surface area contributed by atoms with E-state index in [0.717, 1.165) is 31.5 Å². The zero-order chi connectivity index (χ0) is 13.9. The van der Waals surface area contributed by atoms with Crippen molar-refractivity contribution in [1.29, 1.82) is 0 Å². The number of rotatable bonds is 1. The number of hydrogen-bond donors (Lipinski definition) is 0. The van der Waals surface area contributed by atoms with Gasteiger partial charge in [0.1, 0.15) is 0 Å². The highest BCUT2D eigenvalue weighted by Crippen LogP contribution is 2.29. The topological polar surface area (TPSA) is 23.6 Å². The van der Waals surface area contributed by atoms with Gasteiger partial charge < -0.3 is 4.90 Å². The molecule has 0 spiro atoms. The number of carbonyl (C=O) groups excluding carboxylic acids is 1. The first-order chi connectivity index (χ1) is 9.77. The molecule has 0 bridgehead atoms. The van der Waals surface area contributed by atoms with Crippen LogP contribution < -0.4 is 4.90 Å². The van der Waals surface area contributed by atoms with Crippen LogP contribution in [0.1, 0.15) is 44.1 Å². The van der Waals surface area contributed by atoms with Crippen LogP contribution in [0.4, 0.5) is 10.5 Å². The van der Waals surface area contributed by atoms with Crippen LogP contribution in [-0.4, -0.2) is 30.6 Å². The lowest BCUT2D eigenvalue weighted by atomic mass is 10.1. The lowest BCUT2D eigenvalue weighted by Gasteiger charge is -2.31. The Bertz CT molecular complexity index is 478. The van der Waals surface area contributed by atoms with E-state index in [0.29, 0.717) is 6.04 Å². The number of benzene rings is 1. The highest BCUT2D eigenvalue weighted by atomic mass is 16.2. The lowest BCUT2D eigenvalue weighted by molar-refractivity contribution is 0.191. The Morgan fingerprint density at radius 1 is 1.15 bits per heavy atom. The molecule has 108 valence electrons. The van der Waals surface area contributed by atoms with Crippen molar-refractivity contribution in [3.63, 3.8) is 0 Å². The molecule has 0 N–H and O–H groups in total. The molecule has 3 nitrogen and oxygen atoms in total. The average Bonchev–Trinajstić information content (AvgIpc) is 2.72. The number of urea groups is 1. The minimum absolute atomic E-state index is 0.182. The van der Waals surface area contributed by atoms with Gasteiger partial charge in [0.15, 0.2) is 0 Å². The van der Waals surface area contributed by atoms with Gasteiger partial charge in [0.05, 0.1) is 0 Å². The van der Waals surface area contributed by atoms with Crippen LogP contribution in [0.5, 0.6) is 0 Å². The van der Waals surface area contributed by atoms with Gasteiger partial charge in [0, 0.05) is 25.3 Å². The number of amides is 2. The number of fused-ring (bicyclic) bond motifs is 1. The zero-order valence-electron chi connectivity index (χ0n) is 12.3. The summed E-state index contributed by atoms with van der Waals surface area (Å²) in [6.07, 6.45) is 8.49. The van der Waals surface area contributed by atoms with Crippen molar-refractivity contribution in [3.05, 3.63) is 29.8 Å². The second-order valence-corrected chi connectivity index (χ2v) is 6.07. The monoisotopic (exact) mass is 272 g/mol. The maximum Gasteiger partial charge on any atom is 0.324 e. The molecule has 2 aliphatic rings. The van der Waals surface area contributed by atoms with E-state index in [1.165, 1.54) is 31.2 Å². The van der Waals surface area contributed by atoms with Crippen molar-refractivity contribution in [2.24, 2.45) is 0 Å². The number of nitrogens with zero attached hydrogens (tertiary/aromatic N) is 2. The van der Waals surface area contributed by atoms with E-state index >= 15 is 0 Å². The van der Waals surface area contributed by atoms with Crippen molar-refractivity contribution in [2.45, 2.75) is 51.0 Å². The van der Waals surface area contributed by atoms with E-state index in [4.69, 9.17) is 0 Å². The first-order valence-electron chi connectivity index (χ1n) is 7.89. The summed E-state index contributed by atoms with van der Waals surface area (Å²) < 4.78 is 0. The third-order valence-electron chi connectivity index (χ3n) is 4.79. The molecule has 1 heterocycles. The van der Waals surface area contributed by atoms with Gasteiger partial charge in [-0.3, -0.25) is 4.90 Å². The molecule has 1 saturated carbocycles. The molecular formula is C17H24N2O. The minimum atomic E-state index is 0.182. The molecule has 1 fully saturated rings. The number of anilines is 1. The molecule has 1 aliphatic heterocycles. The Morgan fingerprint density at radius 2 is 1.85 bits per heavy atom. The summed E-state index contributed by atoms with van der Waals surface area (Å²) in [5.74, 6) is 0. The van der Waals surface area contributed by atoms with Crippen molar-refractivity contribution in [2.75, 3.05) is 18.5 Å². The predicted octanol–water partition coefficient (Wildman–Crippen LogP) is 3.82. The quantitative estimate of drug-likeness (QED) is 0.713. The van der Waals surface area contributed by atoms with Crippen LogP contribution in [0.15, 0.2) is 24.3 Å². The summed E-state index contributed by atoms with van der Waals surface area (Å²) in [5, 5.41) is 0. The summed E-state index contributed by atoms with van der Waals surface area (Å²) in [6.45, 7) is 0.829. The van der Waals surface area contributed by atoms with E-state index in [2.05, 4.69) is 18.2 Å². The van der Waals surface area contributed by atoms with Crippen LogP contribution in [0.3, 0.4) is 0 Å². The van der Waals surface area contributed by atoms with Crippen LogP contribution in [0.25, 0.3) is 0 Å². The Balaban J connectivity index is 1.72. The largest absolute Gasteiger partial charge is 0.324 e. The number of carbonyl (C=O) groups is 1. The number of para-hydroxylation sites is 1. The Hall–Kier alpha value is -1.51. The fourth-order valence-electron chi connectivity index (χ4n) is 3.53. The fourth-order valence-corrected chi connectivity index (χ4v) is 3.53. The van der Waals surface area contributed by atoms with Gasteiger partial charge in [-0.15, -0.1) is 0 Å². The Morgan fingerprint density at radius 3 is 2.60 bits per heavy atom. The minimum Gasteiger partial charge on any atom is -0.324 e. The SMILES string of the molecule is CN(C(=O)N1CCc2ccccc21)C1CCCCCC1. The van der Waals surface area contributed by atoms with Gasteiger partial charge in [0.25, 0.3) is 0 Å². The van der Waals surface area contributed by atoms with E-state index in [-0.39, 0.29) is 6.03 Å². The smallest absolute Gasteiger partial charge is 0.324 e. The summed E-state index contributed by atoms with van der Waals surface area (Å²) in [5.41, 5.74) is 2.41. The molecule has 0 saturated heterocycles. The van der Waals surface area contributed by atoms with Crippen LogP contribution >= 0.6 is 0 Å². The summed E-state index contributed by atoms with van der Waals surface area (Å²) in [7, 11) is 1.99. The molecular weight excluding hydrogens is 248 g/mol. The Kier molecular flexibility index (Phi) is 3.95. The average molecular weight is 272 g/mol. The van der Waals surface area contributed by atoms with Gasteiger partial charge in [-0.1, -0.05) is 43.9 Å². The van der Waals surface area contributed by atoms with Crippen molar-refractivity contribution < 1.29 is 4.79 Å². The molecule has 3 rings (SSSR count). The molecule has 1 aliphatic carbocycles. The molecule has 1 aromatic carbocycles. The molecule has 2 amide bonds. The summed E-state index contributed by atoms with van der Waals surface area (Å²) >= 11 is 0. The lowest BCUT2D eigenvalue weighted by Crippen LogP contribution is -2.45. The number of hydrogen-bond acceptors (Lipinski definition) is 1.